The number of hydrogen-bond acceptors (Lipinski definition) is 7. The number of benzene rings is 2. The number of aliphatic hydroxyl groups is 1. The second-order valence-electron chi connectivity index (χ2n) is 12.9. The monoisotopic (exact) mass is 617 g/mol. The summed E-state index contributed by atoms with van der Waals surface area (Å²) >= 11 is 0. The minimum absolute atomic E-state index is 0.0179. The van der Waals surface area contributed by atoms with Crippen LogP contribution in [-0.2, 0) is 10.3 Å². The number of aromatic nitrogens is 3. The number of halogens is 2. The Balaban J connectivity index is 1.22. The minimum Gasteiger partial charge on any atom is -0.444 e. The van der Waals surface area contributed by atoms with E-state index in [1.54, 1.807) is 57.1 Å². The van der Waals surface area contributed by atoms with Crippen LogP contribution in [0.25, 0.3) is 22.2 Å². The number of likely N-dealkylation sites (tertiary alicyclic amines) is 1. The van der Waals surface area contributed by atoms with Crippen LogP contribution in [0.15, 0.2) is 54.7 Å². The fraction of sp³-hybridized carbons (Fsp3) is 0.394. The number of carbonyl (C=O) groups excluding carboxylic acids is 2. The number of ether oxygens (including phenoxy) is 2. The molecule has 1 saturated heterocycles. The van der Waals surface area contributed by atoms with E-state index in [-0.39, 0.29) is 24.2 Å². The van der Waals surface area contributed by atoms with Crippen molar-refractivity contribution in [1.29, 1.82) is 0 Å². The number of β-amino-alcohol motifs (C(OH)–C–C–N with tert-alkyl or cyclic N) is 1. The number of nitrogens with zero attached hydrogens (tertiary/aromatic N) is 5. The lowest BCUT2D eigenvalue weighted by Gasteiger charge is -2.26. The lowest BCUT2D eigenvalue weighted by Crippen LogP contribution is -2.38. The van der Waals surface area contributed by atoms with Gasteiger partial charge < -0.3 is 28.9 Å². The van der Waals surface area contributed by atoms with Gasteiger partial charge in [0, 0.05) is 49.3 Å². The van der Waals surface area contributed by atoms with Crippen molar-refractivity contribution in [2.24, 2.45) is 0 Å². The summed E-state index contributed by atoms with van der Waals surface area (Å²) in [7, 11) is 1.71. The van der Waals surface area contributed by atoms with Crippen molar-refractivity contribution < 1.29 is 33.0 Å². The van der Waals surface area contributed by atoms with Crippen molar-refractivity contribution in [2.45, 2.75) is 63.5 Å². The second-order valence-corrected chi connectivity index (χ2v) is 12.9. The second kappa shape index (κ2) is 10.2. The molecule has 3 aliphatic rings. The quantitative estimate of drug-likeness (QED) is 0.315. The Morgan fingerprint density at radius 2 is 1.89 bits per heavy atom. The minimum atomic E-state index is -3.03. The number of hydrogen-bond donors (Lipinski definition) is 1. The molecule has 10 nitrogen and oxygen atoms in total. The first-order valence-electron chi connectivity index (χ1n) is 14.9. The van der Waals surface area contributed by atoms with E-state index >= 15 is 0 Å². The van der Waals surface area contributed by atoms with E-state index in [4.69, 9.17) is 14.5 Å². The third kappa shape index (κ3) is 4.87. The highest BCUT2D eigenvalue weighted by molar-refractivity contribution is 5.98. The lowest BCUT2D eigenvalue weighted by atomic mass is 9.96. The van der Waals surface area contributed by atoms with Crippen LogP contribution >= 0.6 is 0 Å². The van der Waals surface area contributed by atoms with Gasteiger partial charge in [0.15, 0.2) is 0 Å². The van der Waals surface area contributed by atoms with Gasteiger partial charge in [0.05, 0.1) is 35.4 Å². The third-order valence-electron chi connectivity index (χ3n) is 8.88. The molecular formula is C33H33F2N5O5. The van der Waals surface area contributed by atoms with E-state index in [0.29, 0.717) is 47.5 Å². The first-order valence-corrected chi connectivity index (χ1v) is 14.9. The summed E-state index contributed by atoms with van der Waals surface area (Å²) in [5.74, 6) is 0.406. The zero-order chi connectivity index (χ0) is 31.8. The van der Waals surface area contributed by atoms with Crippen molar-refractivity contribution in [1.82, 2.24) is 24.3 Å². The van der Waals surface area contributed by atoms with Gasteiger partial charge in [-0.15, -0.1) is 0 Å². The average Bonchev–Trinajstić information content (AvgIpc) is 3.66. The number of carbonyl (C=O) groups is 2. The molecule has 0 saturated carbocycles. The SMILES string of the molecule is CN1C(=O)c2cccc(OC(F)F)c2[C@H]2C[C@@H]1c1nc3ccc(-c4ccc(C5(O)CCN(C(=O)OC(C)(C)C)C5)nc4)cc3n12. The molecule has 2 aromatic carbocycles. The van der Waals surface area contributed by atoms with E-state index in [9.17, 15) is 23.5 Å². The molecule has 5 heterocycles. The molecule has 2 bridgehead atoms. The first kappa shape index (κ1) is 29.1. The number of alkyl halides is 2. The predicted octanol–water partition coefficient (Wildman–Crippen LogP) is 5.65. The smallest absolute Gasteiger partial charge is 0.410 e. The molecular weight excluding hydrogens is 584 g/mol. The van der Waals surface area contributed by atoms with Crippen LogP contribution in [-0.4, -0.2) is 73.8 Å². The van der Waals surface area contributed by atoms with Gasteiger partial charge in [-0.25, -0.2) is 9.78 Å². The summed E-state index contributed by atoms with van der Waals surface area (Å²) in [4.78, 5) is 38.5. The summed E-state index contributed by atoms with van der Waals surface area (Å²) in [5, 5.41) is 11.4. The van der Waals surface area contributed by atoms with Crippen molar-refractivity contribution in [3.8, 4) is 16.9 Å². The van der Waals surface area contributed by atoms with Gasteiger partial charge in [-0.05, 0) is 56.7 Å². The number of fused-ring (bicyclic) bond motifs is 9. The molecule has 0 spiro atoms. The van der Waals surface area contributed by atoms with Crippen LogP contribution < -0.4 is 4.74 Å². The van der Waals surface area contributed by atoms with Gasteiger partial charge in [-0.1, -0.05) is 18.2 Å². The molecule has 3 aliphatic heterocycles. The van der Waals surface area contributed by atoms with Crippen LogP contribution in [0, 0.1) is 0 Å². The molecule has 1 N–H and O–H groups in total. The van der Waals surface area contributed by atoms with E-state index < -0.39 is 29.9 Å². The number of imidazole rings is 1. The largest absolute Gasteiger partial charge is 0.444 e. The van der Waals surface area contributed by atoms with Crippen LogP contribution in [0.3, 0.4) is 0 Å². The molecule has 2 aromatic heterocycles. The summed E-state index contributed by atoms with van der Waals surface area (Å²) in [5.41, 5.74) is 2.45. The highest BCUT2D eigenvalue weighted by Gasteiger charge is 2.45. The Hall–Kier alpha value is -4.58. The zero-order valence-corrected chi connectivity index (χ0v) is 25.3. The number of amides is 2. The Morgan fingerprint density at radius 1 is 1.11 bits per heavy atom. The molecule has 3 atom stereocenters. The highest BCUT2D eigenvalue weighted by atomic mass is 19.3. The third-order valence-corrected chi connectivity index (χ3v) is 8.88. The molecule has 1 fully saturated rings. The highest BCUT2D eigenvalue weighted by Crippen LogP contribution is 2.50. The van der Waals surface area contributed by atoms with Gasteiger partial charge in [0.25, 0.3) is 5.91 Å². The Kier molecular flexibility index (Phi) is 6.63. The Bertz CT molecular complexity index is 1840. The van der Waals surface area contributed by atoms with Crippen molar-refractivity contribution >= 4 is 23.0 Å². The molecule has 7 rings (SSSR count). The summed E-state index contributed by atoms with van der Waals surface area (Å²) < 4.78 is 39.2. The molecule has 12 heteroatoms. The molecule has 45 heavy (non-hydrogen) atoms. The van der Waals surface area contributed by atoms with Gasteiger partial charge in [-0.2, -0.15) is 8.78 Å². The maximum atomic E-state index is 13.4. The number of pyridine rings is 1. The lowest BCUT2D eigenvalue weighted by molar-refractivity contribution is -0.0507. The van der Waals surface area contributed by atoms with Crippen molar-refractivity contribution in [2.75, 3.05) is 20.1 Å². The molecule has 2 amide bonds. The Morgan fingerprint density at radius 3 is 2.60 bits per heavy atom. The van der Waals surface area contributed by atoms with Crippen LogP contribution in [0.4, 0.5) is 13.6 Å². The summed E-state index contributed by atoms with van der Waals surface area (Å²) in [6, 6.07) is 13.3. The molecule has 0 radical (unpaired) electrons. The molecule has 0 aliphatic carbocycles. The maximum absolute atomic E-state index is 13.4. The molecule has 1 unspecified atom stereocenters. The van der Waals surface area contributed by atoms with Gasteiger partial charge in [0.1, 0.15) is 22.8 Å². The Labute approximate surface area is 258 Å². The van der Waals surface area contributed by atoms with Crippen molar-refractivity contribution in [3.63, 3.8) is 0 Å². The molecule has 234 valence electrons. The van der Waals surface area contributed by atoms with Crippen LogP contribution in [0.5, 0.6) is 5.75 Å². The van der Waals surface area contributed by atoms with Crippen LogP contribution in [0.1, 0.15) is 73.1 Å². The van der Waals surface area contributed by atoms with Crippen molar-refractivity contribution in [3.05, 3.63) is 77.4 Å². The zero-order valence-electron chi connectivity index (χ0n) is 25.3. The standard InChI is InChI=1S/C33H33F2N5O5/c1-32(2,3)45-31(42)39-13-12-33(43,17-39)26-11-9-19(16-36-26)18-8-10-21-22(14-18)40-23-15-24(28(40)37-21)38(4)29(41)20-6-5-7-25(27(20)23)44-30(34)35/h5-11,14,16,23-24,30,43H,12-13,15,17H2,1-4H3/t23-,24-,33?/m1/s1. The normalized spacial score (nSPS) is 22.5. The fourth-order valence-corrected chi connectivity index (χ4v) is 6.78. The van der Waals surface area contributed by atoms with Gasteiger partial charge in [-0.3, -0.25) is 9.78 Å². The average molecular weight is 618 g/mol. The van der Waals surface area contributed by atoms with E-state index in [0.717, 1.165) is 16.6 Å². The van der Waals surface area contributed by atoms with E-state index in [1.807, 2.05) is 28.8 Å². The summed E-state index contributed by atoms with van der Waals surface area (Å²) in [6.45, 7) is 2.80. The number of rotatable bonds is 4. The van der Waals surface area contributed by atoms with Crippen LogP contribution in [0.2, 0.25) is 0 Å². The summed E-state index contributed by atoms with van der Waals surface area (Å²) in [6.07, 6.45) is 2.04. The van der Waals surface area contributed by atoms with Gasteiger partial charge >= 0.3 is 12.7 Å². The maximum Gasteiger partial charge on any atom is 0.410 e. The topological polar surface area (TPSA) is 110 Å². The predicted molar refractivity (Wildman–Crippen MR) is 160 cm³/mol. The first-order chi connectivity index (χ1) is 21.3. The van der Waals surface area contributed by atoms with Gasteiger partial charge in [0.2, 0.25) is 0 Å². The van der Waals surface area contributed by atoms with E-state index in [2.05, 4.69) is 4.98 Å². The van der Waals surface area contributed by atoms with E-state index in [1.165, 1.54) is 11.0 Å². The molecule has 4 aromatic rings. The fourth-order valence-electron chi connectivity index (χ4n) is 6.78.